The van der Waals surface area contributed by atoms with E-state index in [0.717, 1.165) is 32.9 Å². The van der Waals surface area contributed by atoms with Crippen LogP contribution in [0, 0.1) is 0 Å². The third kappa shape index (κ3) is 5.77. The number of aryl methyl sites for hydroxylation is 1. The molecule has 0 aliphatic rings. The SMILES string of the molecule is CCCCc1nc2ccc(Br)cc2c(=O)n1N=Cc1ccc(OCc2ccccc2Cl)c(Br)c1. The van der Waals surface area contributed by atoms with Gasteiger partial charge >= 0.3 is 0 Å². The number of nitrogens with zero attached hydrogens (tertiary/aromatic N) is 3. The Morgan fingerprint density at radius 3 is 2.71 bits per heavy atom. The van der Waals surface area contributed by atoms with Crippen LogP contribution in [-0.4, -0.2) is 15.9 Å². The molecule has 4 rings (SSSR count). The molecule has 0 saturated carbocycles. The molecule has 0 bridgehead atoms. The molecule has 34 heavy (non-hydrogen) atoms. The number of benzene rings is 3. The molecule has 0 unspecified atom stereocenters. The van der Waals surface area contributed by atoms with Crippen molar-refractivity contribution >= 4 is 60.6 Å². The topological polar surface area (TPSA) is 56.5 Å². The van der Waals surface area contributed by atoms with Crippen LogP contribution in [0.1, 0.15) is 36.7 Å². The number of rotatable bonds is 8. The monoisotopic (exact) mass is 601 g/mol. The van der Waals surface area contributed by atoms with Crippen molar-refractivity contribution in [2.24, 2.45) is 5.10 Å². The molecular weight excluding hydrogens is 582 g/mol. The Labute approximate surface area is 219 Å². The summed E-state index contributed by atoms with van der Waals surface area (Å²) in [6, 6.07) is 18.7. The van der Waals surface area contributed by atoms with Crippen LogP contribution in [0.5, 0.6) is 5.75 Å². The molecule has 4 aromatic rings. The molecule has 0 saturated heterocycles. The van der Waals surface area contributed by atoms with Gasteiger partial charge in [-0.25, -0.2) is 4.98 Å². The fraction of sp³-hybridized carbons (Fsp3) is 0.192. The zero-order valence-electron chi connectivity index (χ0n) is 18.5. The molecule has 0 radical (unpaired) electrons. The van der Waals surface area contributed by atoms with Crippen LogP contribution in [0.25, 0.3) is 10.9 Å². The van der Waals surface area contributed by atoms with E-state index in [-0.39, 0.29) is 5.56 Å². The molecule has 0 spiro atoms. The van der Waals surface area contributed by atoms with Gasteiger partial charge in [-0.1, -0.05) is 59.1 Å². The van der Waals surface area contributed by atoms with E-state index in [0.29, 0.717) is 40.5 Å². The van der Waals surface area contributed by atoms with Crippen LogP contribution in [-0.2, 0) is 13.0 Å². The van der Waals surface area contributed by atoms with Crippen LogP contribution in [0.15, 0.2) is 79.5 Å². The average molecular weight is 604 g/mol. The highest BCUT2D eigenvalue weighted by Gasteiger charge is 2.11. The summed E-state index contributed by atoms with van der Waals surface area (Å²) in [5.74, 6) is 1.34. The Morgan fingerprint density at radius 1 is 1.12 bits per heavy atom. The summed E-state index contributed by atoms with van der Waals surface area (Å²) >= 11 is 13.2. The van der Waals surface area contributed by atoms with Crippen molar-refractivity contribution in [3.8, 4) is 5.75 Å². The van der Waals surface area contributed by atoms with Gasteiger partial charge in [-0.05, 0) is 70.4 Å². The Bertz CT molecular complexity index is 1420. The first-order valence-electron chi connectivity index (χ1n) is 10.9. The van der Waals surface area contributed by atoms with E-state index in [1.54, 1.807) is 12.3 Å². The number of ether oxygens (including phenoxy) is 1. The van der Waals surface area contributed by atoms with Crippen molar-refractivity contribution in [2.75, 3.05) is 0 Å². The third-order valence-corrected chi connectivity index (χ3v) is 6.73. The number of halogens is 3. The molecular formula is C26H22Br2ClN3O2. The number of aromatic nitrogens is 2. The van der Waals surface area contributed by atoms with Gasteiger partial charge < -0.3 is 4.74 Å². The quantitative estimate of drug-likeness (QED) is 0.198. The lowest BCUT2D eigenvalue weighted by atomic mass is 10.2. The summed E-state index contributed by atoms with van der Waals surface area (Å²) < 4.78 is 8.93. The van der Waals surface area contributed by atoms with Gasteiger partial charge in [-0.3, -0.25) is 4.79 Å². The molecule has 8 heteroatoms. The zero-order chi connectivity index (χ0) is 24.1. The van der Waals surface area contributed by atoms with Gasteiger partial charge in [0.1, 0.15) is 18.2 Å². The minimum Gasteiger partial charge on any atom is -0.488 e. The van der Waals surface area contributed by atoms with Gasteiger partial charge in [0.2, 0.25) is 0 Å². The second-order valence-electron chi connectivity index (χ2n) is 7.72. The van der Waals surface area contributed by atoms with Crippen LogP contribution < -0.4 is 10.3 Å². The van der Waals surface area contributed by atoms with E-state index >= 15 is 0 Å². The maximum atomic E-state index is 13.2. The number of hydrogen-bond acceptors (Lipinski definition) is 4. The van der Waals surface area contributed by atoms with Gasteiger partial charge in [0.05, 0.1) is 21.6 Å². The lowest BCUT2D eigenvalue weighted by Gasteiger charge is -2.10. The lowest BCUT2D eigenvalue weighted by molar-refractivity contribution is 0.304. The number of fused-ring (bicyclic) bond motifs is 1. The van der Waals surface area contributed by atoms with Crippen molar-refractivity contribution in [1.29, 1.82) is 0 Å². The molecule has 0 atom stereocenters. The Kier molecular flexibility index (Phi) is 8.19. The summed E-state index contributed by atoms with van der Waals surface area (Å²) in [6.07, 6.45) is 4.26. The van der Waals surface area contributed by atoms with Crippen LogP contribution in [0.3, 0.4) is 0 Å². The zero-order valence-corrected chi connectivity index (χ0v) is 22.4. The standard InChI is InChI=1S/C26H22Br2ClN3O2/c1-2-3-8-25-31-23-11-10-19(27)14-20(23)26(33)32(25)30-15-17-9-12-24(21(28)13-17)34-16-18-6-4-5-7-22(18)29/h4-7,9-15H,2-3,8,16H2,1H3. The van der Waals surface area contributed by atoms with Gasteiger partial charge in [-0.15, -0.1) is 0 Å². The van der Waals surface area contributed by atoms with Gasteiger partial charge in [0.25, 0.3) is 5.56 Å². The van der Waals surface area contributed by atoms with E-state index in [1.165, 1.54) is 4.68 Å². The summed E-state index contributed by atoms with van der Waals surface area (Å²) in [6.45, 7) is 2.47. The Hall–Kier alpha value is -2.48. The Morgan fingerprint density at radius 2 is 1.94 bits per heavy atom. The second kappa shape index (κ2) is 11.3. The molecule has 0 fully saturated rings. The largest absolute Gasteiger partial charge is 0.488 e. The van der Waals surface area contributed by atoms with E-state index < -0.39 is 0 Å². The highest BCUT2D eigenvalue weighted by molar-refractivity contribution is 9.10. The van der Waals surface area contributed by atoms with E-state index in [2.05, 4.69) is 43.9 Å². The molecule has 5 nitrogen and oxygen atoms in total. The van der Waals surface area contributed by atoms with Crippen molar-refractivity contribution in [1.82, 2.24) is 9.66 Å². The van der Waals surface area contributed by atoms with Crippen LogP contribution >= 0.6 is 43.5 Å². The van der Waals surface area contributed by atoms with Crippen LogP contribution in [0.2, 0.25) is 5.02 Å². The van der Waals surface area contributed by atoms with Gasteiger partial charge in [-0.2, -0.15) is 9.78 Å². The predicted octanol–water partition coefficient (Wildman–Crippen LogP) is 7.38. The minimum absolute atomic E-state index is 0.188. The molecule has 1 heterocycles. The summed E-state index contributed by atoms with van der Waals surface area (Å²) in [5, 5.41) is 5.70. The first kappa shape index (κ1) is 24.6. The molecule has 1 aromatic heterocycles. The molecule has 0 aliphatic carbocycles. The number of hydrogen-bond donors (Lipinski definition) is 0. The molecule has 0 aliphatic heterocycles. The summed E-state index contributed by atoms with van der Waals surface area (Å²) in [4.78, 5) is 17.9. The van der Waals surface area contributed by atoms with Crippen molar-refractivity contribution in [3.63, 3.8) is 0 Å². The average Bonchev–Trinajstić information content (AvgIpc) is 2.83. The minimum atomic E-state index is -0.188. The van der Waals surface area contributed by atoms with E-state index in [4.69, 9.17) is 21.3 Å². The molecule has 0 N–H and O–H groups in total. The number of unbranched alkanes of at least 4 members (excludes halogenated alkanes) is 1. The maximum absolute atomic E-state index is 13.2. The van der Waals surface area contributed by atoms with E-state index in [1.807, 2.05) is 54.6 Å². The smallest absolute Gasteiger partial charge is 0.282 e. The van der Waals surface area contributed by atoms with E-state index in [9.17, 15) is 4.79 Å². The summed E-state index contributed by atoms with van der Waals surface area (Å²) in [7, 11) is 0. The fourth-order valence-electron chi connectivity index (χ4n) is 3.42. The second-order valence-corrected chi connectivity index (χ2v) is 9.90. The predicted molar refractivity (Wildman–Crippen MR) is 145 cm³/mol. The molecule has 174 valence electrons. The van der Waals surface area contributed by atoms with Gasteiger partial charge in [0.15, 0.2) is 0 Å². The maximum Gasteiger partial charge on any atom is 0.282 e. The summed E-state index contributed by atoms with van der Waals surface area (Å²) in [5.41, 5.74) is 2.22. The highest BCUT2D eigenvalue weighted by atomic mass is 79.9. The molecule has 3 aromatic carbocycles. The van der Waals surface area contributed by atoms with Gasteiger partial charge in [0, 0.05) is 21.5 Å². The Balaban J connectivity index is 1.60. The van der Waals surface area contributed by atoms with Crippen molar-refractivity contribution in [3.05, 3.63) is 102 Å². The third-order valence-electron chi connectivity index (χ3n) is 5.25. The van der Waals surface area contributed by atoms with Crippen molar-refractivity contribution in [2.45, 2.75) is 32.8 Å². The fourth-order valence-corrected chi connectivity index (χ4v) is 4.48. The first-order chi connectivity index (χ1) is 16.5. The van der Waals surface area contributed by atoms with Crippen LogP contribution in [0.4, 0.5) is 0 Å². The first-order valence-corrected chi connectivity index (χ1v) is 12.8. The lowest BCUT2D eigenvalue weighted by Crippen LogP contribution is -2.22. The highest BCUT2D eigenvalue weighted by Crippen LogP contribution is 2.27. The molecule has 0 amide bonds. The van der Waals surface area contributed by atoms with Crippen molar-refractivity contribution < 1.29 is 4.74 Å². The normalized spacial score (nSPS) is 11.4.